The van der Waals surface area contributed by atoms with Crippen molar-refractivity contribution in [1.82, 2.24) is 0 Å². The fourth-order valence-electron chi connectivity index (χ4n) is 2.07. The second-order valence-corrected chi connectivity index (χ2v) is 4.62. The first-order valence-corrected chi connectivity index (χ1v) is 6.19. The molecule has 2 rings (SSSR count). The van der Waals surface area contributed by atoms with Gasteiger partial charge in [0.25, 0.3) is 0 Å². The van der Waals surface area contributed by atoms with Gasteiger partial charge in [-0.05, 0) is 30.2 Å². The molecule has 0 unspecified atom stereocenters. The van der Waals surface area contributed by atoms with E-state index in [9.17, 15) is 14.7 Å². The summed E-state index contributed by atoms with van der Waals surface area (Å²) in [6.07, 6.45) is 0. The van der Waals surface area contributed by atoms with Gasteiger partial charge < -0.3 is 10.4 Å². The molecule has 2 aromatic carbocycles. The van der Waals surface area contributed by atoms with Crippen LogP contribution < -0.4 is 5.32 Å². The van der Waals surface area contributed by atoms with E-state index in [1.165, 1.54) is 13.0 Å². The summed E-state index contributed by atoms with van der Waals surface area (Å²) >= 11 is 0. The van der Waals surface area contributed by atoms with Gasteiger partial charge in [0.2, 0.25) is 5.91 Å². The van der Waals surface area contributed by atoms with Crippen LogP contribution in [0.2, 0.25) is 0 Å². The minimum Gasteiger partial charge on any atom is -0.478 e. The number of carboxylic acid groups (broad SMARTS) is 1. The number of aromatic carboxylic acids is 1. The topological polar surface area (TPSA) is 66.4 Å². The van der Waals surface area contributed by atoms with Gasteiger partial charge in [0.05, 0.1) is 5.56 Å². The molecule has 2 N–H and O–H groups in total. The lowest BCUT2D eigenvalue weighted by Crippen LogP contribution is -2.08. The molecule has 0 fully saturated rings. The van der Waals surface area contributed by atoms with E-state index >= 15 is 0 Å². The molecule has 102 valence electrons. The summed E-state index contributed by atoms with van der Waals surface area (Å²) in [5.74, 6) is -1.25. The molecule has 0 atom stereocenters. The predicted octanol–water partition coefficient (Wildman–Crippen LogP) is 3.32. The van der Waals surface area contributed by atoms with E-state index in [0.29, 0.717) is 11.3 Å². The molecule has 0 aliphatic rings. The summed E-state index contributed by atoms with van der Waals surface area (Å²) < 4.78 is 0. The van der Waals surface area contributed by atoms with Gasteiger partial charge in [-0.2, -0.15) is 0 Å². The van der Waals surface area contributed by atoms with E-state index in [1.54, 1.807) is 12.1 Å². The molecule has 0 spiro atoms. The quantitative estimate of drug-likeness (QED) is 0.898. The lowest BCUT2D eigenvalue weighted by atomic mass is 9.98. The van der Waals surface area contributed by atoms with E-state index in [0.717, 1.165) is 11.1 Å². The maximum atomic E-state index is 11.4. The highest BCUT2D eigenvalue weighted by molar-refractivity contribution is 5.99. The van der Waals surface area contributed by atoms with E-state index in [2.05, 4.69) is 5.32 Å². The van der Waals surface area contributed by atoms with Crippen LogP contribution in [0.1, 0.15) is 22.8 Å². The number of nitrogens with one attached hydrogen (secondary N) is 1. The highest BCUT2D eigenvalue weighted by Gasteiger charge is 2.13. The highest BCUT2D eigenvalue weighted by Crippen LogP contribution is 2.27. The molecule has 0 saturated carbocycles. The standard InChI is InChI=1S/C16H15NO3/c1-10-4-3-5-12(8-10)14-7-6-13(17-11(2)18)9-15(14)16(19)20/h3-9H,1-2H3,(H,17,18)(H,19,20). The molecule has 20 heavy (non-hydrogen) atoms. The van der Waals surface area contributed by atoms with E-state index in [4.69, 9.17) is 0 Å². The molecule has 1 amide bonds. The molecule has 0 aliphatic heterocycles. The second kappa shape index (κ2) is 5.57. The SMILES string of the molecule is CC(=O)Nc1ccc(-c2cccc(C)c2)c(C(=O)O)c1. The summed E-state index contributed by atoms with van der Waals surface area (Å²) in [6.45, 7) is 3.34. The summed E-state index contributed by atoms with van der Waals surface area (Å²) in [5, 5.41) is 11.9. The molecule has 0 saturated heterocycles. The summed E-state index contributed by atoms with van der Waals surface area (Å²) in [7, 11) is 0. The summed E-state index contributed by atoms with van der Waals surface area (Å²) in [6, 6.07) is 12.5. The first-order chi connectivity index (χ1) is 9.47. The minimum atomic E-state index is -1.02. The molecular formula is C16H15NO3. The van der Waals surface area contributed by atoms with Gasteiger partial charge in [-0.1, -0.05) is 35.9 Å². The van der Waals surface area contributed by atoms with Gasteiger partial charge in [0, 0.05) is 12.6 Å². The summed E-state index contributed by atoms with van der Waals surface area (Å²) in [4.78, 5) is 22.4. The Hall–Kier alpha value is -2.62. The number of hydrogen-bond donors (Lipinski definition) is 2. The van der Waals surface area contributed by atoms with Crippen molar-refractivity contribution in [2.45, 2.75) is 13.8 Å². The first kappa shape index (κ1) is 13.8. The van der Waals surface area contributed by atoms with Crippen LogP contribution in [-0.4, -0.2) is 17.0 Å². The minimum absolute atomic E-state index is 0.168. The number of carbonyl (C=O) groups excluding carboxylic acids is 1. The van der Waals surface area contributed by atoms with Crippen molar-refractivity contribution in [3.63, 3.8) is 0 Å². The molecule has 0 aromatic heterocycles. The predicted molar refractivity (Wildman–Crippen MR) is 77.9 cm³/mol. The highest BCUT2D eigenvalue weighted by atomic mass is 16.4. The molecule has 0 heterocycles. The first-order valence-electron chi connectivity index (χ1n) is 6.19. The van der Waals surface area contributed by atoms with Crippen molar-refractivity contribution >= 4 is 17.6 Å². The van der Waals surface area contributed by atoms with E-state index in [1.807, 2.05) is 31.2 Å². The van der Waals surface area contributed by atoms with Crippen LogP contribution in [0.5, 0.6) is 0 Å². The second-order valence-electron chi connectivity index (χ2n) is 4.62. The zero-order valence-corrected chi connectivity index (χ0v) is 11.3. The van der Waals surface area contributed by atoms with Crippen molar-refractivity contribution in [2.75, 3.05) is 5.32 Å². The molecule has 4 nitrogen and oxygen atoms in total. The van der Waals surface area contributed by atoms with Crippen LogP contribution in [0.15, 0.2) is 42.5 Å². The van der Waals surface area contributed by atoms with Crippen molar-refractivity contribution < 1.29 is 14.7 Å². The third-order valence-corrected chi connectivity index (χ3v) is 2.90. The number of carboxylic acids is 1. The zero-order valence-electron chi connectivity index (χ0n) is 11.3. The van der Waals surface area contributed by atoms with Crippen LogP contribution >= 0.6 is 0 Å². The number of carbonyl (C=O) groups is 2. The van der Waals surface area contributed by atoms with E-state index < -0.39 is 5.97 Å². The zero-order chi connectivity index (χ0) is 14.7. The van der Waals surface area contributed by atoms with Crippen molar-refractivity contribution in [1.29, 1.82) is 0 Å². The number of benzene rings is 2. The van der Waals surface area contributed by atoms with Crippen LogP contribution in [0.3, 0.4) is 0 Å². The van der Waals surface area contributed by atoms with Gasteiger partial charge in [-0.25, -0.2) is 4.79 Å². The van der Waals surface area contributed by atoms with Crippen LogP contribution in [-0.2, 0) is 4.79 Å². The van der Waals surface area contributed by atoms with Crippen molar-refractivity contribution in [2.24, 2.45) is 0 Å². The lowest BCUT2D eigenvalue weighted by molar-refractivity contribution is -0.114. The molecule has 4 heteroatoms. The Labute approximate surface area is 117 Å². The fraction of sp³-hybridized carbons (Fsp3) is 0.125. The molecule has 0 aliphatic carbocycles. The van der Waals surface area contributed by atoms with E-state index in [-0.39, 0.29) is 11.5 Å². The Balaban J connectivity index is 2.53. The van der Waals surface area contributed by atoms with Crippen molar-refractivity contribution in [3.05, 3.63) is 53.6 Å². The lowest BCUT2D eigenvalue weighted by Gasteiger charge is -2.10. The Morgan fingerprint density at radius 3 is 2.45 bits per heavy atom. The van der Waals surface area contributed by atoms with Crippen molar-refractivity contribution in [3.8, 4) is 11.1 Å². The molecular weight excluding hydrogens is 254 g/mol. The maximum absolute atomic E-state index is 11.4. The fourth-order valence-corrected chi connectivity index (χ4v) is 2.07. The van der Waals surface area contributed by atoms with Gasteiger partial charge in [-0.3, -0.25) is 4.79 Å². The van der Waals surface area contributed by atoms with Crippen LogP contribution in [0.4, 0.5) is 5.69 Å². The van der Waals surface area contributed by atoms with Gasteiger partial charge >= 0.3 is 5.97 Å². The number of amides is 1. The average molecular weight is 269 g/mol. The Bertz CT molecular complexity index is 677. The average Bonchev–Trinajstić information content (AvgIpc) is 2.37. The smallest absolute Gasteiger partial charge is 0.336 e. The number of aryl methyl sites for hydroxylation is 1. The molecule has 0 radical (unpaired) electrons. The molecule has 2 aromatic rings. The Kier molecular flexibility index (Phi) is 3.84. The van der Waals surface area contributed by atoms with Gasteiger partial charge in [-0.15, -0.1) is 0 Å². The third-order valence-electron chi connectivity index (χ3n) is 2.90. The summed E-state index contributed by atoms with van der Waals surface area (Å²) in [5.41, 5.74) is 3.19. The monoisotopic (exact) mass is 269 g/mol. The molecule has 0 bridgehead atoms. The Morgan fingerprint density at radius 2 is 1.85 bits per heavy atom. The van der Waals surface area contributed by atoms with Gasteiger partial charge in [0.1, 0.15) is 0 Å². The van der Waals surface area contributed by atoms with Gasteiger partial charge in [0.15, 0.2) is 0 Å². The number of anilines is 1. The normalized spacial score (nSPS) is 10.1. The van der Waals surface area contributed by atoms with Crippen LogP contribution in [0, 0.1) is 6.92 Å². The Morgan fingerprint density at radius 1 is 1.10 bits per heavy atom. The van der Waals surface area contributed by atoms with Crippen LogP contribution in [0.25, 0.3) is 11.1 Å². The largest absolute Gasteiger partial charge is 0.478 e. The maximum Gasteiger partial charge on any atom is 0.336 e. The number of hydrogen-bond acceptors (Lipinski definition) is 2. The number of rotatable bonds is 3. The third kappa shape index (κ3) is 3.03.